The second kappa shape index (κ2) is 5.29. The van der Waals surface area contributed by atoms with Gasteiger partial charge in [0.1, 0.15) is 0 Å². The van der Waals surface area contributed by atoms with Crippen LogP contribution >= 0.6 is 11.3 Å². The highest BCUT2D eigenvalue weighted by atomic mass is 32.1. The van der Waals surface area contributed by atoms with Crippen LogP contribution in [0.15, 0.2) is 54.2 Å². The first-order valence-corrected chi connectivity index (χ1v) is 6.95. The molecule has 3 aromatic rings. The Morgan fingerprint density at radius 3 is 2.29 bits per heavy atom. The van der Waals surface area contributed by atoms with Gasteiger partial charge in [0.05, 0.1) is 5.56 Å². The van der Waals surface area contributed by atoms with E-state index in [2.05, 4.69) is 9.97 Å². The van der Waals surface area contributed by atoms with Gasteiger partial charge in [-0.1, -0.05) is 18.2 Å². The minimum atomic E-state index is -4.37. The van der Waals surface area contributed by atoms with Crippen LogP contribution in [0.5, 0.6) is 0 Å². The normalized spacial score (nSPS) is 11.6. The molecule has 106 valence electrons. The lowest BCUT2D eigenvalue weighted by atomic mass is 10.1. The van der Waals surface area contributed by atoms with Crippen LogP contribution in [0.2, 0.25) is 0 Å². The van der Waals surface area contributed by atoms with E-state index in [0.29, 0.717) is 5.56 Å². The SMILES string of the molecule is FC(F)(F)c1cccc(-c2ncc(-c3cccs3)cn2)c1. The quantitative estimate of drug-likeness (QED) is 0.673. The smallest absolute Gasteiger partial charge is 0.236 e. The summed E-state index contributed by atoms with van der Waals surface area (Å²) in [6, 6.07) is 8.86. The number of rotatable bonds is 2. The van der Waals surface area contributed by atoms with Gasteiger partial charge in [0.15, 0.2) is 5.82 Å². The third-order valence-electron chi connectivity index (χ3n) is 2.91. The zero-order valence-electron chi connectivity index (χ0n) is 10.6. The maximum Gasteiger partial charge on any atom is 0.416 e. The van der Waals surface area contributed by atoms with Crippen molar-refractivity contribution in [2.75, 3.05) is 0 Å². The molecule has 3 rings (SSSR count). The van der Waals surface area contributed by atoms with Crippen LogP contribution in [0.1, 0.15) is 5.56 Å². The van der Waals surface area contributed by atoms with Crippen molar-refractivity contribution in [3.63, 3.8) is 0 Å². The fraction of sp³-hybridized carbons (Fsp3) is 0.0667. The standard InChI is InChI=1S/C15H9F3N2S/c16-15(17,18)12-4-1-3-10(7-12)14-19-8-11(9-20-14)13-5-2-6-21-13/h1-9H. The molecule has 1 aromatic carbocycles. The van der Waals surface area contributed by atoms with Gasteiger partial charge in [-0.05, 0) is 23.6 Å². The van der Waals surface area contributed by atoms with E-state index in [9.17, 15) is 13.2 Å². The summed E-state index contributed by atoms with van der Waals surface area (Å²) in [6.45, 7) is 0. The predicted molar refractivity (Wildman–Crippen MR) is 75.8 cm³/mol. The molecule has 0 N–H and O–H groups in total. The minimum absolute atomic E-state index is 0.279. The van der Waals surface area contributed by atoms with E-state index in [0.717, 1.165) is 22.6 Å². The number of thiophene rings is 1. The third-order valence-corrected chi connectivity index (χ3v) is 3.82. The Morgan fingerprint density at radius 2 is 1.67 bits per heavy atom. The highest BCUT2D eigenvalue weighted by Crippen LogP contribution is 2.31. The fourth-order valence-corrected chi connectivity index (χ4v) is 2.58. The van der Waals surface area contributed by atoms with Crippen molar-refractivity contribution in [2.45, 2.75) is 6.18 Å². The Morgan fingerprint density at radius 1 is 0.905 bits per heavy atom. The van der Waals surface area contributed by atoms with Crippen LogP contribution in [-0.4, -0.2) is 9.97 Å². The van der Waals surface area contributed by atoms with E-state index >= 15 is 0 Å². The van der Waals surface area contributed by atoms with E-state index in [1.807, 2.05) is 17.5 Å². The summed E-state index contributed by atoms with van der Waals surface area (Å²) >= 11 is 1.55. The van der Waals surface area contributed by atoms with Gasteiger partial charge in [0.2, 0.25) is 0 Å². The van der Waals surface area contributed by atoms with Crippen molar-refractivity contribution in [3.05, 3.63) is 59.7 Å². The Balaban J connectivity index is 1.94. The Hall–Kier alpha value is -2.21. The minimum Gasteiger partial charge on any atom is -0.236 e. The van der Waals surface area contributed by atoms with Crippen molar-refractivity contribution in [1.82, 2.24) is 9.97 Å². The van der Waals surface area contributed by atoms with Gasteiger partial charge in [-0.3, -0.25) is 0 Å². The van der Waals surface area contributed by atoms with Gasteiger partial charge in [0.25, 0.3) is 0 Å². The van der Waals surface area contributed by atoms with Crippen molar-refractivity contribution in [1.29, 1.82) is 0 Å². The van der Waals surface area contributed by atoms with Gasteiger partial charge in [-0.15, -0.1) is 11.3 Å². The maximum atomic E-state index is 12.7. The van der Waals surface area contributed by atoms with Crippen LogP contribution in [0.3, 0.4) is 0 Å². The third kappa shape index (κ3) is 2.95. The number of nitrogens with zero attached hydrogens (tertiary/aromatic N) is 2. The molecule has 6 heteroatoms. The van der Waals surface area contributed by atoms with Gasteiger partial charge in [0, 0.05) is 28.4 Å². The lowest BCUT2D eigenvalue weighted by Crippen LogP contribution is -2.04. The Bertz CT molecular complexity index is 734. The molecule has 0 atom stereocenters. The van der Waals surface area contributed by atoms with E-state index in [4.69, 9.17) is 0 Å². The number of aromatic nitrogens is 2. The van der Waals surface area contributed by atoms with E-state index in [-0.39, 0.29) is 5.82 Å². The van der Waals surface area contributed by atoms with Crippen LogP contribution < -0.4 is 0 Å². The van der Waals surface area contributed by atoms with Crippen molar-refractivity contribution in [3.8, 4) is 21.8 Å². The van der Waals surface area contributed by atoms with Gasteiger partial charge in [-0.2, -0.15) is 13.2 Å². The molecule has 0 amide bonds. The maximum absolute atomic E-state index is 12.7. The predicted octanol–water partition coefficient (Wildman–Crippen LogP) is 4.89. The van der Waals surface area contributed by atoms with Crippen LogP contribution in [0.4, 0.5) is 13.2 Å². The van der Waals surface area contributed by atoms with Crippen LogP contribution in [0.25, 0.3) is 21.8 Å². The second-order valence-corrected chi connectivity index (χ2v) is 5.30. The molecule has 0 unspecified atom stereocenters. The zero-order chi connectivity index (χ0) is 14.9. The first-order valence-electron chi connectivity index (χ1n) is 6.07. The topological polar surface area (TPSA) is 25.8 Å². The van der Waals surface area contributed by atoms with Crippen LogP contribution in [0, 0.1) is 0 Å². The lowest BCUT2D eigenvalue weighted by molar-refractivity contribution is -0.137. The molecule has 0 bridgehead atoms. The summed E-state index contributed by atoms with van der Waals surface area (Å²) in [5.41, 5.74) is 0.495. The Kier molecular flexibility index (Phi) is 3.47. The van der Waals surface area contributed by atoms with E-state index in [1.54, 1.807) is 29.8 Å². The zero-order valence-corrected chi connectivity index (χ0v) is 11.4. The first-order chi connectivity index (χ1) is 10.0. The average Bonchev–Trinajstić information content (AvgIpc) is 3.01. The van der Waals surface area contributed by atoms with Crippen LogP contribution in [-0.2, 0) is 6.18 Å². The molecule has 0 aliphatic rings. The van der Waals surface area contributed by atoms with Crippen molar-refractivity contribution >= 4 is 11.3 Å². The second-order valence-electron chi connectivity index (χ2n) is 4.35. The summed E-state index contributed by atoms with van der Waals surface area (Å²) in [5, 5.41) is 1.94. The molecule has 0 aliphatic heterocycles. The van der Waals surface area contributed by atoms with Crippen molar-refractivity contribution < 1.29 is 13.2 Å². The number of halogens is 3. The van der Waals surface area contributed by atoms with Gasteiger partial charge >= 0.3 is 6.18 Å². The number of benzene rings is 1. The Labute approximate surface area is 122 Å². The molecular formula is C15H9F3N2S. The molecule has 0 aliphatic carbocycles. The molecule has 2 heterocycles. The molecule has 0 spiro atoms. The molecule has 0 fully saturated rings. The molecule has 0 saturated carbocycles. The fourth-order valence-electron chi connectivity index (χ4n) is 1.88. The number of hydrogen-bond acceptors (Lipinski definition) is 3. The van der Waals surface area contributed by atoms with Gasteiger partial charge < -0.3 is 0 Å². The number of hydrogen-bond donors (Lipinski definition) is 0. The van der Waals surface area contributed by atoms with E-state index in [1.165, 1.54) is 6.07 Å². The summed E-state index contributed by atoms with van der Waals surface area (Å²) in [6.07, 6.45) is -1.13. The van der Waals surface area contributed by atoms with Crippen molar-refractivity contribution in [2.24, 2.45) is 0 Å². The summed E-state index contributed by atoms with van der Waals surface area (Å²) < 4.78 is 38.1. The summed E-state index contributed by atoms with van der Waals surface area (Å²) in [5.74, 6) is 0.279. The molecule has 2 nitrogen and oxygen atoms in total. The molecule has 2 aromatic heterocycles. The van der Waals surface area contributed by atoms with E-state index < -0.39 is 11.7 Å². The molecular weight excluding hydrogens is 297 g/mol. The monoisotopic (exact) mass is 306 g/mol. The molecule has 0 saturated heterocycles. The first kappa shape index (κ1) is 13.8. The lowest BCUT2D eigenvalue weighted by Gasteiger charge is -2.08. The summed E-state index contributed by atoms with van der Waals surface area (Å²) in [4.78, 5) is 9.33. The molecule has 21 heavy (non-hydrogen) atoms. The highest BCUT2D eigenvalue weighted by Gasteiger charge is 2.30. The highest BCUT2D eigenvalue weighted by molar-refractivity contribution is 7.13. The van der Waals surface area contributed by atoms with Gasteiger partial charge in [-0.25, -0.2) is 9.97 Å². The summed E-state index contributed by atoms with van der Waals surface area (Å²) in [7, 11) is 0. The average molecular weight is 306 g/mol. The largest absolute Gasteiger partial charge is 0.416 e. The molecule has 0 radical (unpaired) electrons. The number of alkyl halides is 3.